The van der Waals surface area contributed by atoms with Gasteiger partial charge in [-0.2, -0.15) is 0 Å². The Morgan fingerprint density at radius 3 is 2.40 bits per heavy atom. The van der Waals surface area contributed by atoms with Gasteiger partial charge in [0.05, 0.1) is 12.7 Å². The first-order valence-electron chi connectivity index (χ1n) is 3.82. The zero-order chi connectivity index (χ0) is 7.98. The van der Waals surface area contributed by atoms with E-state index >= 15 is 0 Å². The lowest BCUT2D eigenvalue weighted by Crippen LogP contribution is -2.42. The molecule has 1 aliphatic heterocycles. The Bertz CT molecular complexity index is 68.0. The van der Waals surface area contributed by atoms with Gasteiger partial charge in [0.25, 0.3) is 0 Å². The third-order valence-corrected chi connectivity index (χ3v) is 1.38. The molecule has 3 N–H and O–H groups in total. The van der Waals surface area contributed by atoms with E-state index in [1.165, 1.54) is 0 Å². The van der Waals surface area contributed by atoms with Gasteiger partial charge in [-0.15, -0.1) is 0 Å². The van der Waals surface area contributed by atoms with E-state index in [-0.39, 0.29) is 6.04 Å². The summed E-state index contributed by atoms with van der Waals surface area (Å²) in [5.74, 6) is 0. The van der Waals surface area contributed by atoms with Crippen molar-refractivity contribution in [1.82, 2.24) is 0 Å². The molecule has 0 aromatic carbocycles. The van der Waals surface area contributed by atoms with Crippen LogP contribution in [0.2, 0.25) is 0 Å². The molecule has 10 heavy (non-hydrogen) atoms. The second kappa shape index (κ2) is 5.65. The number of ether oxygens (including phenoxy) is 1. The molecule has 0 radical (unpaired) electrons. The fraction of sp³-hybridized carbons (Fsp3) is 1.00. The first kappa shape index (κ1) is 9.88. The number of aliphatic hydroxyl groups excluding tert-OH is 1. The monoisotopic (exact) mass is 147 g/mol. The van der Waals surface area contributed by atoms with Crippen molar-refractivity contribution in [1.29, 1.82) is 0 Å². The summed E-state index contributed by atoms with van der Waals surface area (Å²) in [5.41, 5.74) is 5.45. The largest absolute Gasteiger partial charge is 0.389 e. The summed E-state index contributed by atoms with van der Waals surface area (Å²) in [6.45, 7) is 5.10. The van der Waals surface area contributed by atoms with Crippen LogP contribution in [0, 0.1) is 0 Å². The highest BCUT2D eigenvalue weighted by Crippen LogP contribution is 2.03. The third kappa shape index (κ3) is 3.15. The highest BCUT2D eigenvalue weighted by Gasteiger charge is 2.18. The molecule has 1 fully saturated rings. The molecule has 2 atom stereocenters. The standard InChI is InChI=1S/C5H11NO2.C2H6/c6-4-1-2-8-3-5(4)7;1-2/h4-5,7H,1-3,6H2;1-2H3. The van der Waals surface area contributed by atoms with E-state index in [4.69, 9.17) is 15.6 Å². The van der Waals surface area contributed by atoms with E-state index in [0.717, 1.165) is 6.42 Å². The topological polar surface area (TPSA) is 55.5 Å². The zero-order valence-corrected chi connectivity index (χ0v) is 6.71. The fourth-order valence-electron chi connectivity index (χ4n) is 0.739. The molecule has 1 heterocycles. The lowest BCUT2D eigenvalue weighted by Gasteiger charge is -2.23. The van der Waals surface area contributed by atoms with E-state index in [1.54, 1.807) is 0 Å². The Balaban J connectivity index is 0.000000371. The van der Waals surface area contributed by atoms with E-state index in [9.17, 15) is 0 Å². The molecule has 1 saturated heterocycles. The molecule has 0 saturated carbocycles. The molecule has 0 amide bonds. The fourth-order valence-corrected chi connectivity index (χ4v) is 0.739. The maximum absolute atomic E-state index is 8.93. The van der Waals surface area contributed by atoms with Gasteiger partial charge in [0, 0.05) is 12.6 Å². The number of aliphatic hydroxyl groups is 1. The van der Waals surface area contributed by atoms with Gasteiger partial charge in [-0.3, -0.25) is 0 Å². The smallest absolute Gasteiger partial charge is 0.0924 e. The van der Waals surface area contributed by atoms with Gasteiger partial charge in [0.15, 0.2) is 0 Å². The number of hydrogen-bond acceptors (Lipinski definition) is 3. The van der Waals surface area contributed by atoms with Crippen molar-refractivity contribution in [2.75, 3.05) is 13.2 Å². The van der Waals surface area contributed by atoms with Crippen LogP contribution in [0.3, 0.4) is 0 Å². The van der Waals surface area contributed by atoms with Crippen LogP contribution in [0.5, 0.6) is 0 Å². The molecule has 2 unspecified atom stereocenters. The molecule has 1 aliphatic rings. The summed E-state index contributed by atoms with van der Waals surface area (Å²) >= 11 is 0. The Hall–Kier alpha value is -0.120. The van der Waals surface area contributed by atoms with Gasteiger partial charge in [-0.1, -0.05) is 13.8 Å². The predicted octanol–water partition coefficient (Wildman–Crippen LogP) is 0.121. The van der Waals surface area contributed by atoms with E-state index < -0.39 is 6.10 Å². The average Bonchev–Trinajstić information content (AvgIpc) is 2.00. The van der Waals surface area contributed by atoms with Gasteiger partial charge >= 0.3 is 0 Å². The van der Waals surface area contributed by atoms with Gasteiger partial charge in [0.1, 0.15) is 0 Å². The lowest BCUT2D eigenvalue weighted by molar-refractivity contribution is -0.0182. The van der Waals surface area contributed by atoms with Crippen LogP contribution in [-0.2, 0) is 4.74 Å². The van der Waals surface area contributed by atoms with Crippen LogP contribution < -0.4 is 5.73 Å². The highest BCUT2D eigenvalue weighted by molar-refractivity contribution is 4.74. The average molecular weight is 147 g/mol. The minimum Gasteiger partial charge on any atom is -0.389 e. The molecular weight excluding hydrogens is 130 g/mol. The first-order valence-corrected chi connectivity index (χ1v) is 3.82. The van der Waals surface area contributed by atoms with Crippen LogP contribution >= 0.6 is 0 Å². The molecule has 0 aromatic rings. The maximum Gasteiger partial charge on any atom is 0.0924 e. The summed E-state index contributed by atoms with van der Waals surface area (Å²) in [7, 11) is 0. The molecule has 0 aromatic heterocycles. The van der Waals surface area contributed by atoms with Gasteiger partial charge in [-0.25, -0.2) is 0 Å². The molecule has 3 nitrogen and oxygen atoms in total. The van der Waals surface area contributed by atoms with Crippen LogP contribution in [0.1, 0.15) is 20.3 Å². The number of rotatable bonds is 0. The summed E-state index contributed by atoms with van der Waals surface area (Å²) in [6.07, 6.45) is 0.338. The Kier molecular flexibility index (Phi) is 5.58. The summed E-state index contributed by atoms with van der Waals surface area (Å²) in [5, 5.41) is 8.93. The summed E-state index contributed by atoms with van der Waals surface area (Å²) < 4.78 is 4.92. The van der Waals surface area contributed by atoms with E-state index in [1.807, 2.05) is 13.8 Å². The first-order chi connectivity index (χ1) is 4.80. The number of nitrogens with two attached hydrogens (primary N) is 1. The maximum atomic E-state index is 8.93. The van der Waals surface area contributed by atoms with Gasteiger partial charge < -0.3 is 15.6 Å². The third-order valence-electron chi connectivity index (χ3n) is 1.38. The summed E-state index contributed by atoms with van der Waals surface area (Å²) in [4.78, 5) is 0. The SMILES string of the molecule is CC.NC1CCOCC1O. The minimum absolute atomic E-state index is 0.0660. The van der Waals surface area contributed by atoms with Crippen LogP contribution in [-0.4, -0.2) is 30.5 Å². The van der Waals surface area contributed by atoms with Crippen molar-refractivity contribution < 1.29 is 9.84 Å². The molecule has 3 heteroatoms. The predicted molar refractivity (Wildman–Crippen MR) is 40.8 cm³/mol. The normalized spacial score (nSPS) is 32.4. The molecule has 0 spiro atoms. The highest BCUT2D eigenvalue weighted by atomic mass is 16.5. The van der Waals surface area contributed by atoms with E-state index in [0.29, 0.717) is 13.2 Å². The van der Waals surface area contributed by atoms with Crippen molar-refractivity contribution >= 4 is 0 Å². The Labute approximate surface area is 62.2 Å². The molecule has 1 rings (SSSR count). The van der Waals surface area contributed by atoms with Crippen LogP contribution in [0.4, 0.5) is 0 Å². The molecular formula is C7H17NO2. The summed E-state index contributed by atoms with van der Waals surface area (Å²) in [6, 6.07) is -0.0660. The second-order valence-corrected chi connectivity index (χ2v) is 2.09. The van der Waals surface area contributed by atoms with Crippen molar-refractivity contribution in [3.63, 3.8) is 0 Å². The quantitative estimate of drug-likeness (QED) is 0.511. The molecule has 62 valence electrons. The zero-order valence-electron chi connectivity index (χ0n) is 6.71. The van der Waals surface area contributed by atoms with Crippen LogP contribution in [0.25, 0.3) is 0 Å². The Morgan fingerprint density at radius 2 is 2.10 bits per heavy atom. The van der Waals surface area contributed by atoms with Crippen molar-refractivity contribution in [3.8, 4) is 0 Å². The lowest BCUT2D eigenvalue weighted by atomic mass is 10.1. The van der Waals surface area contributed by atoms with Crippen LogP contribution in [0.15, 0.2) is 0 Å². The molecule has 0 aliphatic carbocycles. The van der Waals surface area contributed by atoms with E-state index in [2.05, 4.69) is 0 Å². The van der Waals surface area contributed by atoms with Gasteiger partial charge in [-0.05, 0) is 6.42 Å². The molecule has 0 bridgehead atoms. The second-order valence-electron chi connectivity index (χ2n) is 2.09. The minimum atomic E-state index is -0.441. The number of hydrogen-bond donors (Lipinski definition) is 2. The van der Waals surface area contributed by atoms with Gasteiger partial charge in [0.2, 0.25) is 0 Å². The van der Waals surface area contributed by atoms with Crippen molar-refractivity contribution in [2.45, 2.75) is 32.4 Å². The Morgan fingerprint density at radius 1 is 1.50 bits per heavy atom. The van der Waals surface area contributed by atoms with Crippen molar-refractivity contribution in [2.24, 2.45) is 5.73 Å². The van der Waals surface area contributed by atoms with Crippen molar-refractivity contribution in [3.05, 3.63) is 0 Å².